The Bertz CT molecular complexity index is 550. The highest BCUT2D eigenvalue weighted by Crippen LogP contribution is 2.37. The van der Waals surface area contributed by atoms with E-state index in [0.717, 1.165) is 12.0 Å². The van der Waals surface area contributed by atoms with E-state index in [0.29, 0.717) is 40.6 Å². The first kappa shape index (κ1) is 16.3. The summed E-state index contributed by atoms with van der Waals surface area (Å²) in [6, 6.07) is 13.3. The third kappa shape index (κ3) is 4.99. The van der Waals surface area contributed by atoms with Crippen LogP contribution in [0.25, 0.3) is 0 Å². The maximum Gasteiger partial charge on any atom is 0.156 e. The number of hydrogen-bond acceptors (Lipinski definition) is 2. The van der Waals surface area contributed by atoms with Crippen LogP contribution in [0.3, 0.4) is 0 Å². The Kier molecular flexibility index (Phi) is 6.50. The van der Waals surface area contributed by atoms with Crippen LogP contribution in [0.5, 0.6) is 11.5 Å². The molecular formula is C16H15Cl3O2. The molecule has 0 amide bonds. The second-order valence-corrected chi connectivity index (χ2v) is 5.57. The molecular weight excluding hydrogens is 331 g/mol. The zero-order valence-electron chi connectivity index (χ0n) is 11.3. The molecule has 0 aliphatic heterocycles. The Morgan fingerprint density at radius 3 is 2.19 bits per heavy atom. The summed E-state index contributed by atoms with van der Waals surface area (Å²) in [6.45, 7) is 0.938. The van der Waals surface area contributed by atoms with Crippen molar-refractivity contribution >= 4 is 34.8 Å². The van der Waals surface area contributed by atoms with E-state index in [1.54, 1.807) is 12.1 Å². The quantitative estimate of drug-likeness (QED) is 0.482. The van der Waals surface area contributed by atoms with Crippen molar-refractivity contribution < 1.29 is 9.47 Å². The molecule has 0 aromatic heterocycles. The topological polar surface area (TPSA) is 18.5 Å². The first-order valence-corrected chi connectivity index (χ1v) is 7.84. The van der Waals surface area contributed by atoms with Gasteiger partial charge in [0.05, 0.1) is 16.7 Å². The molecule has 0 unspecified atom stereocenters. The molecule has 0 saturated carbocycles. The summed E-state index contributed by atoms with van der Waals surface area (Å²) < 4.78 is 11.2. The van der Waals surface area contributed by atoms with Crippen molar-refractivity contribution in [2.24, 2.45) is 0 Å². The third-order valence-corrected chi connectivity index (χ3v) is 3.57. The van der Waals surface area contributed by atoms with Crippen molar-refractivity contribution in [1.29, 1.82) is 0 Å². The van der Waals surface area contributed by atoms with Crippen LogP contribution in [-0.2, 0) is 6.61 Å². The lowest BCUT2D eigenvalue weighted by atomic mass is 10.2. The number of alkyl halides is 1. The summed E-state index contributed by atoms with van der Waals surface area (Å²) in [5.74, 6) is 1.61. The molecule has 0 saturated heterocycles. The van der Waals surface area contributed by atoms with Crippen molar-refractivity contribution in [2.45, 2.75) is 13.0 Å². The van der Waals surface area contributed by atoms with Crippen LogP contribution >= 0.6 is 34.8 Å². The van der Waals surface area contributed by atoms with Gasteiger partial charge >= 0.3 is 0 Å². The Morgan fingerprint density at radius 2 is 1.57 bits per heavy atom. The van der Waals surface area contributed by atoms with Crippen molar-refractivity contribution in [2.75, 3.05) is 12.5 Å². The predicted molar refractivity (Wildman–Crippen MR) is 88.1 cm³/mol. The average Bonchev–Trinajstić information content (AvgIpc) is 2.49. The molecule has 21 heavy (non-hydrogen) atoms. The molecule has 0 aliphatic carbocycles. The molecule has 0 bridgehead atoms. The molecule has 0 N–H and O–H groups in total. The molecule has 0 heterocycles. The third-order valence-electron chi connectivity index (χ3n) is 2.74. The lowest BCUT2D eigenvalue weighted by Crippen LogP contribution is -2.00. The van der Waals surface area contributed by atoms with Gasteiger partial charge in [0, 0.05) is 18.0 Å². The van der Waals surface area contributed by atoms with Crippen molar-refractivity contribution in [3.8, 4) is 11.5 Å². The Hall–Kier alpha value is -1.09. The lowest BCUT2D eigenvalue weighted by Gasteiger charge is -2.12. The minimum Gasteiger partial charge on any atom is -0.490 e. The summed E-state index contributed by atoms with van der Waals surface area (Å²) in [7, 11) is 0. The molecule has 0 spiro atoms. The van der Waals surface area contributed by atoms with Crippen LogP contribution in [0.2, 0.25) is 10.0 Å². The summed E-state index contributed by atoms with van der Waals surface area (Å²) >= 11 is 18.0. The lowest BCUT2D eigenvalue weighted by molar-refractivity contribution is 0.302. The number of hydrogen-bond donors (Lipinski definition) is 0. The standard InChI is InChI=1S/C16H15Cl3O2/c17-7-4-8-20-16-14(18)9-13(10-15(16)19)21-11-12-5-2-1-3-6-12/h1-3,5-6,9-10H,4,7-8,11H2. The first-order valence-electron chi connectivity index (χ1n) is 6.55. The van der Waals surface area contributed by atoms with Gasteiger partial charge in [-0.2, -0.15) is 0 Å². The second-order valence-electron chi connectivity index (χ2n) is 4.38. The molecule has 2 nitrogen and oxygen atoms in total. The normalized spacial score (nSPS) is 10.4. The SMILES string of the molecule is ClCCCOc1c(Cl)cc(OCc2ccccc2)cc1Cl. The molecule has 2 aromatic rings. The Morgan fingerprint density at radius 1 is 0.905 bits per heavy atom. The van der Waals surface area contributed by atoms with Gasteiger partial charge in [0.25, 0.3) is 0 Å². The highest BCUT2D eigenvalue weighted by atomic mass is 35.5. The molecule has 0 aliphatic rings. The van der Waals surface area contributed by atoms with E-state index in [2.05, 4.69) is 0 Å². The molecule has 112 valence electrons. The van der Waals surface area contributed by atoms with Gasteiger partial charge in [-0.25, -0.2) is 0 Å². The van der Waals surface area contributed by atoms with Gasteiger partial charge in [-0.3, -0.25) is 0 Å². The average molecular weight is 346 g/mol. The summed E-state index contributed by atoms with van der Waals surface area (Å²) in [6.07, 6.45) is 0.737. The van der Waals surface area contributed by atoms with E-state index in [-0.39, 0.29) is 0 Å². The molecule has 0 atom stereocenters. The summed E-state index contributed by atoms with van der Waals surface area (Å²) in [5, 5.41) is 0.861. The fourth-order valence-corrected chi connectivity index (χ4v) is 2.41. The first-order chi connectivity index (χ1) is 10.2. The molecule has 0 radical (unpaired) electrons. The van der Waals surface area contributed by atoms with Gasteiger partial charge in [0.2, 0.25) is 0 Å². The maximum atomic E-state index is 6.17. The molecule has 5 heteroatoms. The Balaban J connectivity index is 2.01. The van der Waals surface area contributed by atoms with Crippen LogP contribution in [0.4, 0.5) is 0 Å². The van der Waals surface area contributed by atoms with Gasteiger partial charge in [-0.05, 0) is 12.0 Å². The minimum absolute atomic E-state index is 0.431. The van der Waals surface area contributed by atoms with Crippen LogP contribution in [-0.4, -0.2) is 12.5 Å². The van der Waals surface area contributed by atoms with E-state index in [1.807, 2.05) is 30.3 Å². The van der Waals surface area contributed by atoms with Crippen LogP contribution < -0.4 is 9.47 Å². The maximum absolute atomic E-state index is 6.17. The fraction of sp³-hybridized carbons (Fsp3) is 0.250. The van der Waals surface area contributed by atoms with Crippen LogP contribution in [0.1, 0.15) is 12.0 Å². The molecule has 2 aromatic carbocycles. The predicted octanol–water partition coefficient (Wildman–Crippen LogP) is 5.58. The number of halogens is 3. The van der Waals surface area contributed by atoms with E-state index in [9.17, 15) is 0 Å². The zero-order valence-corrected chi connectivity index (χ0v) is 13.6. The van der Waals surface area contributed by atoms with E-state index >= 15 is 0 Å². The number of benzene rings is 2. The van der Waals surface area contributed by atoms with Gasteiger partial charge < -0.3 is 9.47 Å². The Labute approximate surface area is 139 Å². The zero-order chi connectivity index (χ0) is 15.1. The highest BCUT2D eigenvalue weighted by Gasteiger charge is 2.10. The number of ether oxygens (including phenoxy) is 2. The summed E-state index contributed by atoms with van der Waals surface area (Å²) in [5.41, 5.74) is 1.08. The fourth-order valence-electron chi connectivity index (χ4n) is 1.73. The van der Waals surface area contributed by atoms with E-state index in [1.165, 1.54) is 0 Å². The minimum atomic E-state index is 0.431. The van der Waals surface area contributed by atoms with Gasteiger partial charge in [-0.1, -0.05) is 53.5 Å². The van der Waals surface area contributed by atoms with Crippen molar-refractivity contribution in [1.82, 2.24) is 0 Å². The molecule has 2 rings (SSSR count). The monoisotopic (exact) mass is 344 g/mol. The smallest absolute Gasteiger partial charge is 0.156 e. The van der Waals surface area contributed by atoms with Gasteiger partial charge in [-0.15, -0.1) is 11.6 Å². The largest absolute Gasteiger partial charge is 0.490 e. The molecule has 0 fully saturated rings. The van der Waals surface area contributed by atoms with E-state index < -0.39 is 0 Å². The summed E-state index contributed by atoms with van der Waals surface area (Å²) in [4.78, 5) is 0. The van der Waals surface area contributed by atoms with Gasteiger partial charge in [0.1, 0.15) is 12.4 Å². The highest BCUT2D eigenvalue weighted by molar-refractivity contribution is 6.37. The van der Waals surface area contributed by atoms with E-state index in [4.69, 9.17) is 44.3 Å². The van der Waals surface area contributed by atoms with Crippen LogP contribution in [0.15, 0.2) is 42.5 Å². The number of rotatable bonds is 7. The second kappa shape index (κ2) is 8.38. The van der Waals surface area contributed by atoms with Crippen molar-refractivity contribution in [3.63, 3.8) is 0 Å². The van der Waals surface area contributed by atoms with Crippen LogP contribution in [0, 0.1) is 0 Å². The van der Waals surface area contributed by atoms with Crippen molar-refractivity contribution in [3.05, 3.63) is 58.1 Å². The van der Waals surface area contributed by atoms with Gasteiger partial charge in [0.15, 0.2) is 5.75 Å².